The minimum absolute atomic E-state index is 0.0517. The summed E-state index contributed by atoms with van der Waals surface area (Å²) in [6.07, 6.45) is -0.987. The summed E-state index contributed by atoms with van der Waals surface area (Å²) in [5, 5.41) is 10.8. The number of nitro benzene ring substituents is 1. The van der Waals surface area contributed by atoms with Crippen LogP contribution in [0.25, 0.3) is 0 Å². The quantitative estimate of drug-likeness (QED) is 0.363. The Hall–Kier alpha value is -1.86. The van der Waals surface area contributed by atoms with Gasteiger partial charge in [-0.2, -0.15) is 0 Å². The molecule has 1 atom stereocenters. The van der Waals surface area contributed by atoms with Crippen molar-refractivity contribution in [1.82, 2.24) is 5.43 Å². The third-order valence-corrected chi connectivity index (χ3v) is 2.25. The Kier molecular flexibility index (Phi) is 4.24. The lowest BCUT2D eigenvalue weighted by molar-refractivity contribution is -0.386. The highest BCUT2D eigenvalue weighted by Gasteiger charge is 2.22. The number of benzene rings is 1. The molecule has 1 amide bonds. The number of ether oxygens (including phenoxy) is 1. The van der Waals surface area contributed by atoms with E-state index in [0.29, 0.717) is 0 Å². The fraction of sp³-hybridized carbons (Fsp3) is 0.222. The van der Waals surface area contributed by atoms with Crippen LogP contribution in [0.3, 0.4) is 0 Å². The second-order valence-electron chi connectivity index (χ2n) is 3.11. The maximum atomic E-state index is 11.1. The smallest absolute Gasteiger partial charge is 0.312 e. The molecule has 0 saturated carbocycles. The van der Waals surface area contributed by atoms with Crippen molar-refractivity contribution in [3.8, 4) is 5.75 Å². The first-order chi connectivity index (χ1) is 7.97. The number of nitrogens with one attached hydrogen (secondary N) is 1. The molecule has 0 saturated heterocycles. The Morgan fingerprint density at radius 3 is 2.82 bits per heavy atom. The molecule has 8 heteroatoms. The van der Waals surface area contributed by atoms with E-state index in [4.69, 9.17) is 22.2 Å². The number of halogens is 1. The van der Waals surface area contributed by atoms with E-state index in [-0.39, 0.29) is 16.5 Å². The Labute approximate surface area is 102 Å². The Bertz CT molecular complexity index is 452. The topological polar surface area (TPSA) is 107 Å². The highest BCUT2D eigenvalue weighted by molar-refractivity contribution is 6.32. The van der Waals surface area contributed by atoms with Gasteiger partial charge in [-0.3, -0.25) is 20.3 Å². The molecule has 7 nitrogen and oxygen atoms in total. The Balaban J connectivity index is 3.05. The molecule has 0 spiro atoms. The molecule has 1 unspecified atom stereocenters. The van der Waals surface area contributed by atoms with Gasteiger partial charge in [-0.1, -0.05) is 17.7 Å². The molecule has 92 valence electrons. The number of amides is 1. The minimum atomic E-state index is -0.987. The molecule has 0 aromatic heterocycles. The van der Waals surface area contributed by atoms with Crippen molar-refractivity contribution < 1.29 is 14.5 Å². The molecule has 3 N–H and O–H groups in total. The lowest BCUT2D eigenvalue weighted by Crippen LogP contribution is -2.40. The summed E-state index contributed by atoms with van der Waals surface area (Å²) >= 11 is 5.77. The van der Waals surface area contributed by atoms with Gasteiger partial charge in [0.25, 0.3) is 5.91 Å². The summed E-state index contributed by atoms with van der Waals surface area (Å²) < 4.78 is 5.12. The van der Waals surface area contributed by atoms with Crippen LogP contribution in [0.15, 0.2) is 18.2 Å². The summed E-state index contributed by atoms with van der Waals surface area (Å²) in [6.45, 7) is 1.40. The van der Waals surface area contributed by atoms with Gasteiger partial charge in [0, 0.05) is 6.07 Å². The Morgan fingerprint density at radius 1 is 1.65 bits per heavy atom. The molecule has 0 fully saturated rings. The van der Waals surface area contributed by atoms with Gasteiger partial charge >= 0.3 is 5.69 Å². The number of nitrogens with zero attached hydrogens (tertiary/aromatic N) is 1. The second-order valence-corrected chi connectivity index (χ2v) is 3.52. The number of carbonyl (C=O) groups excluding carboxylic acids is 1. The molecule has 0 aliphatic rings. The van der Waals surface area contributed by atoms with E-state index in [1.807, 2.05) is 5.43 Å². The van der Waals surface area contributed by atoms with Crippen LogP contribution in [0.2, 0.25) is 5.02 Å². The predicted octanol–water partition coefficient (Wildman–Crippen LogP) is 1.01. The third-order valence-electron chi connectivity index (χ3n) is 1.95. The molecular weight excluding hydrogens is 250 g/mol. The van der Waals surface area contributed by atoms with E-state index in [9.17, 15) is 14.9 Å². The number of hydrogen-bond donors (Lipinski definition) is 2. The van der Waals surface area contributed by atoms with Crippen molar-refractivity contribution in [2.75, 3.05) is 0 Å². The van der Waals surface area contributed by atoms with Crippen molar-refractivity contribution in [1.29, 1.82) is 0 Å². The van der Waals surface area contributed by atoms with Crippen molar-refractivity contribution in [2.45, 2.75) is 13.0 Å². The van der Waals surface area contributed by atoms with Crippen LogP contribution < -0.4 is 16.0 Å². The minimum Gasteiger partial charge on any atom is -0.473 e. The maximum absolute atomic E-state index is 11.1. The standard InChI is InChI=1S/C9H10ClN3O4/c1-5(9(14)12-11)17-8-6(10)3-2-4-7(8)13(15)16/h2-5H,11H2,1H3,(H,12,14). The van der Waals surface area contributed by atoms with Crippen molar-refractivity contribution in [2.24, 2.45) is 5.84 Å². The molecule has 0 radical (unpaired) electrons. The summed E-state index contributed by atoms with van der Waals surface area (Å²) in [4.78, 5) is 21.2. The summed E-state index contributed by atoms with van der Waals surface area (Å²) in [5.41, 5.74) is 1.57. The van der Waals surface area contributed by atoms with Crippen molar-refractivity contribution in [3.63, 3.8) is 0 Å². The van der Waals surface area contributed by atoms with Crippen LogP contribution in [0.4, 0.5) is 5.69 Å². The van der Waals surface area contributed by atoms with E-state index < -0.39 is 16.9 Å². The average Bonchev–Trinajstić information content (AvgIpc) is 2.30. The largest absolute Gasteiger partial charge is 0.473 e. The second kappa shape index (κ2) is 5.46. The van der Waals surface area contributed by atoms with Crippen molar-refractivity contribution in [3.05, 3.63) is 33.3 Å². The summed E-state index contributed by atoms with van der Waals surface area (Å²) in [6, 6.07) is 4.08. The van der Waals surface area contributed by atoms with Crippen molar-refractivity contribution >= 4 is 23.2 Å². The molecule has 0 aliphatic carbocycles. The highest BCUT2D eigenvalue weighted by Crippen LogP contribution is 2.34. The van der Waals surface area contributed by atoms with Crippen LogP contribution in [0.5, 0.6) is 5.75 Å². The maximum Gasteiger partial charge on any atom is 0.312 e. The van der Waals surface area contributed by atoms with Gasteiger partial charge in [-0.15, -0.1) is 0 Å². The first-order valence-corrected chi connectivity index (χ1v) is 4.95. The zero-order chi connectivity index (χ0) is 13.0. The normalized spacial score (nSPS) is 11.7. The van der Waals surface area contributed by atoms with E-state index in [0.717, 1.165) is 0 Å². The van der Waals surface area contributed by atoms with Crippen LogP contribution >= 0.6 is 11.6 Å². The SMILES string of the molecule is CC(Oc1c(Cl)cccc1[N+](=O)[O-])C(=O)NN. The lowest BCUT2D eigenvalue weighted by atomic mass is 10.3. The average molecular weight is 260 g/mol. The molecule has 0 heterocycles. The molecule has 0 bridgehead atoms. The number of para-hydroxylation sites is 1. The zero-order valence-corrected chi connectivity index (χ0v) is 9.60. The number of hydrazine groups is 1. The summed E-state index contributed by atoms with van der Waals surface area (Å²) in [7, 11) is 0. The molecule has 1 aromatic carbocycles. The zero-order valence-electron chi connectivity index (χ0n) is 8.84. The fourth-order valence-electron chi connectivity index (χ4n) is 1.11. The molecule has 1 rings (SSSR count). The first-order valence-electron chi connectivity index (χ1n) is 4.57. The number of hydrogen-bond acceptors (Lipinski definition) is 5. The molecule has 1 aromatic rings. The van der Waals surface area contributed by atoms with E-state index in [1.165, 1.54) is 25.1 Å². The monoisotopic (exact) mass is 259 g/mol. The number of nitrogens with two attached hydrogens (primary N) is 1. The Morgan fingerprint density at radius 2 is 2.29 bits per heavy atom. The van der Waals surface area contributed by atoms with Gasteiger partial charge in [0.1, 0.15) is 0 Å². The number of carbonyl (C=O) groups is 1. The van der Waals surface area contributed by atoms with Gasteiger partial charge in [0.2, 0.25) is 5.75 Å². The third kappa shape index (κ3) is 3.05. The molecular formula is C9H10ClN3O4. The van der Waals surface area contributed by atoms with Crippen LogP contribution in [-0.2, 0) is 4.79 Å². The number of rotatable bonds is 4. The lowest BCUT2D eigenvalue weighted by Gasteiger charge is -2.13. The molecule has 0 aliphatic heterocycles. The molecule has 17 heavy (non-hydrogen) atoms. The first kappa shape index (κ1) is 13.2. The predicted molar refractivity (Wildman–Crippen MR) is 60.5 cm³/mol. The van der Waals surface area contributed by atoms with Crippen LogP contribution in [0.1, 0.15) is 6.92 Å². The van der Waals surface area contributed by atoms with Gasteiger partial charge in [-0.05, 0) is 13.0 Å². The van der Waals surface area contributed by atoms with Gasteiger partial charge in [-0.25, -0.2) is 5.84 Å². The van der Waals surface area contributed by atoms with Gasteiger partial charge in [0.05, 0.1) is 9.95 Å². The van der Waals surface area contributed by atoms with Crippen LogP contribution in [-0.4, -0.2) is 16.9 Å². The van der Waals surface area contributed by atoms with Gasteiger partial charge in [0.15, 0.2) is 6.10 Å². The van der Waals surface area contributed by atoms with E-state index in [1.54, 1.807) is 0 Å². The van der Waals surface area contributed by atoms with Gasteiger partial charge < -0.3 is 4.74 Å². The van der Waals surface area contributed by atoms with E-state index >= 15 is 0 Å². The van der Waals surface area contributed by atoms with E-state index in [2.05, 4.69) is 0 Å². The fourth-order valence-corrected chi connectivity index (χ4v) is 1.32. The van der Waals surface area contributed by atoms with Crippen LogP contribution in [0, 0.1) is 10.1 Å². The highest BCUT2D eigenvalue weighted by atomic mass is 35.5. The number of nitro groups is 1. The summed E-state index contributed by atoms with van der Waals surface area (Å²) in [5.74, 6) is 4.15.